The van der Waals surface area contributed by atoms with Crippen molar-refractivity contribution in [2.75, 3.05) is 11.1 Å². The monoisotopic (exact) mass is 239 g/mol. The number of rotatable bonds is 3. The number of nitrogens with zero attached hydrogens (tertiary/aromatic N) is 1. The molecule has 1 heterocycles. The molecule has 18 heavy (non-hydrogen) atoms. The van der Waals surface area contributed by atoms with Crippen molar-refractivity contribution in [1.82, 2.24) is 4.98 Å². The minimum absolute atomic E-state index is 0.513. The normalized spacial score (nSPS) is 10.7. The molecule has 0 amide bonds. The van der Waals surface area contributed by atoms with Crippen molar-refractivity contribution in [3.63, 3.8) is 0 Å². The Kier molecular flexibility index (Phi) is 2.61. The Labute approximate surface area is 104 Å². The first-order valence-electron chi connectivity index (χ1n) is 5.75. The lowest BCUT2D eigenvalue weighted by Crippen LogP contribution is -1.98. The maximum Gasteiger partial charge on any atom is 0.295 e. The molecule has 0 fully saturated rings. The fourth-order valence-electron chi connectivity index (χ4n) is 1.79. The topological polar surface area (TPSA) is 64.1 Å². The number of benzene rings is 2. The van der Waals surface area contributed by atoms with E-state index >= 15 is 0 Å². The van der Waals surface area contributed by atoms with Crippen LogP contribution in [-0.4, -0.2) is 4.98 Å². The lowest BCUT2D eigenvalue weighted by molar-refractivity contribution is 0.614. The number of hydrogen-bond donors (Lipinski definition) is 2. The standard InChI is InChI=1S/C14H13N3O/c15-11-6-7-13-12(8-11)17-14(18-13)16-9-10-4-2-1-3-5-10/h1-8H,9,15H2,(H,16,17). The molecule has 3 N–H and O–H groups in total. The van der Waals surface area contributed by atoms with E-state index in [0.29, 0.717) is 18.2 Å². The van der Waals surface area contributed by atoms with Gasteiger partial charge in [-0.3, -0.25) is 0 Å². The van der Waals surface area contributed by atoms with Crippen LogP contribution in [0.15, 0.2) is 52.9 Å². The summed E-state index contributed by atoms with van der Waals surface area (Å²) in [5.41, 5.74) is 9.07. The zero-order chi connectivity index (χ0) is 12.4. The van der Waals surface area contributed by atoms with Crippen molar-refractivity contribution in [2.45, 2.75) is 6.54 Å². The van der Waals surface area contributed by atoms with E-state index in [4.69, 9.17) is 10.2 Å². The van der Waals surface area contributed by atoms with E-state index in [1.165, 1.54) is 5.56 Å². The molecule has 90 valence electrons. The highest BCUT2D eigenvalue weighted by Crippen LogP contribution is 2.21. The average molecular weight is 239 g/mol. The van der Waals surface area contributed by atoms with Gasteiger partial charge in [0.05, 0.1) is 0 Å². The highest BCUT2D eigenvalue weighted by Gasteiger charge is 2.05. The van der Waals surface area contributed by atoms with Crippen LogP contribution in [0.2, 0.25) is 0 Å². The molecule has 2 aromatic carbocycles. The van der Waals surface area contributed by atoms with Gasteiger partial charge >= 0.3 is 0 Å². The largest absolute Gasteiger partial charge is 0.424 e. The maximum atomic E-state index is 5.70. The Morgan fingerprint density at radius 1 is 1.11 bits per heavy atom. The Morgan fingerprint density at radius 2 is 1.94 bits per heavy atom. The molecule has 1 aromatic heterocycles. The molecule has 3 rings (SSSR count). The first-order valence-corrected chi connectivity index (χ1v) is 5.75. The fourth-order valence-corrected chi connectivity index (χ4v) is 1.79. The molecule has 0 saturated heterocycles. The van der Waals surface area contributed by atoms with E-state index in [9.17, 15) is 0 Å². The smallest absolute Gasteiger partial charge is 0.295 e. The van der Waals surface area contributed by atoms with E-state index in [2.05, 4.69) is 10.3 Å². The SMILES string of the molecule is Nc1ccc2oc(NCc3ccccc3)nc2c1. The number of nitrogens with two attached hydrogens (primary N) is 1. The van der Waals surface area contributed by atoms with Crippen LogP contribution in [-0.2, 0) is 6.54 Å². The molecule has 0 aliphatic heterocycles. The summed E-state index contributed by atoms with van der Waals surface area (Å²) in [4.78, 5) is 4.33. The second-order valence-electron chi connectivity index (χ2n) is 4.09. The molecule has 4 heteroatoms. The van der Waals surface area contributed by atoms with Gasteiger partial charge in [-0.25, -0.2) is 0 Å². The average Bonchev–Trinajstić information content (AvgIpc) is 2.79. The van der Waals surface area contributed by atoms with Crippen LogP contribution in [0.3, 0.4) is 0 Å². The molecule has 0 atom stereocenters. The highest BCUT2D eigenvalue weighted by molar-refractivity contribution is 5.78. The van der Waals surface area contributed by atoms with Gasteiger partial charge < -0.3 is 15.5 Å². The minimum atomic E-state index is 0.513. The zero-order valence-electron chi connectivity index (χ0n) is 9.76. The summed E-state index contributed by atoms with van der Waals surface area (Å²) in [7, 11) is 0. The van der Waals surface area contributed by atoms with Crippen molar-refractivity contribution >= 4 is 22.8 Å². The van der Waals surface area contributed by atoms with E-state index in [0.717, 1.165) is 11.1 Å². The molecule has 0 spiro atoms. The first kappa shape index (κ1) is 10.7. The van der Waals surface area contributed by atoms with Gasteiger partial charge in [0.25, 0.3) is 6.01 Å². The fraction of sp³-hybridized carbons (Fsp3) is 0.0714. The number of oxazole rings is 1. The number of nitrogen functional groups attached to an aromatic ring is 1. The molecule has 4 nitrogen and oxygen atoms in total. The second kappa shape index (κ2) is 4.41. The van der Waals surface area contributed by atoms with Crippen LogP contribution in [0.25, 0.3) is 11.1 Å². The molecule has 3 aromatic rings. The Hall–Kier alpha value is -2.49. The summed E-state index contributed by atoms with van der Waals surface area (Å²) in [6.07, 6.45) is 0. The Morgan fingerprint density at radius 3 is 2.78 bits per heavy atom. The van der Waals surface area contributed by atoms with Gasteiger partial charge in [0, 0.05) is 12.2 Å². The molecule has 0 unspecified atom stereocenters. The lowest BCUT2D eigenvalue weighted by atomic mass is 10.2. The minimum Gasteiger partial charge on any atom is -0.424 e. The third-order valence-corrected chi connectivity index (χ3v) is 2.70. The van der Waals surface area contributed by atoms with Crippen LogP contribution >= 0.6 is 0 Å². The third-order valence-electron chi connectivity index (χ3n) is 2.70. The summed E-state index contributed by atoms with van der Waals surface area (Å²) in [5.74, 6) is 0. The maximum absolute atomic E-state index is 5.70. The summed E-state index contributed by atoms with van der Waals surface area (Å²) in [5, 5.41) is 3.15. The van der Waals surface area contributed by atoms with Crippen molar-refractivity contribution in [3.05, 3.63) is 54.1 Å². The van der Waals surface area contributed by atoms with Crippen molar-refractivity contribution < 1.29 is 4.42 Å². The van der Waals surface area contributed by atoms with Gasteiger partial charge in [-0.2, -0.15) is 4.98 Å². The van der Waals surface area contributed by atoms with Gasteiger partial charge in [-0.1, -0.05) is 30.3 Å². The van der Waals surface area contributed by atoms with Gasteiger partial charge in [0.2, 0.25) is 0 Å². The first-order chi connectivity index (χ1) is 8.81. The van der Waals surface area contributed by atoms with Crippen LogP contribution in [0.4, 0.5) is 11.7 Å². The second-order valence-corrected chi connectivity index (χ2v) is 4.09. The lowest BCUT2D eigenvalue weighted by Gasteiger charge is -2.00. The van der Waals surface area contributed by atoms with Crippen LogP contribution in [0, 0.1) is 0 Å². The number of aromatic nitrogens is 1. The molecular formula is C14H13N3O. The van der Waals surface area contributed by atoms with Crippen molar-refractivity contribution in [3.8, 4) is 0 Å². The number of nitrogens with one attached hydrogen (secondary N) is 1. The zero-order valence-corrected chi connectivity index (χ0v) is 9.76. The van der Waals surface area contributed by atoms with Crippen LogP contribution < -0.4 is 11.1 Å². The highest BCUT2D eigenvalue weighted by atomic mass is 16.4. The molecule has 0 bridgehead atoms. The molecule has 0 saturated carbocycles. The van der Waals surface area contributed by atoms with Gasteiger partial charge in [0.1, 0.15) is 5.52 Å². The van der Waals surface area contributed by atoms with Crippen molar-refractivity contribution in [2.24, 2.45) is 0 Å². The molecular weight excluding hydrogens is 226 g/mol. The van der Waals surface area contributed by atoms with Crippen LogP contribution in [0.5, 0.6) is 0 Å². The van der Waals surface area contributed by atoms with E-state index in [1.54, 1.807) is 12.1 Å². The van der Waals surface area contributed by atoms with Gasteiger partial charge in [-0.15, -0.1) is 0 Å². The predicted octanol–water partition coefficient (Wildman–Crippen LogP) is 3.02. The Balaban J connectivity index is 1.79. The summed E-state index contributed by atoms with van der Waals surface area (Å²) < 4.78 is 5.57. The molecule has 0 radical (unpaired) electrons. The summed E-state index contributed by atoms with van der Waals surface area (Å²) in [6.45, 7) is 0.684. The predicted molar refractivity (Wildman–Crippen MR) is 72.2 cm³/mol. The van der Waals surface area contributed by atoms with Crippen molar-refractivity contribution in [1.29, 1.82) is 0 Å². The van der Waals surface area contributed by atoms with E-state index in [-0.39, 0.29) is 0 Å². The third kappa shape index (κ3) is 2.13. The summed E-state index contributed by atoms with van der Waals surface area (Å²) >= 11 is 0. The summed E-state index contributed by atoms with van der Waals surface area (Å²) in [6, 6.07) is 16.0. The van der Waals surface area contributed by atoms with Gasteiger partial charge in [-0.05, 0) is 23.8 Å². The van der Waals surface area contributed by atoms with Gasteiger partial charge in [0.15, 0.2) is 5.58 Å². The number of anilines is 2. The number of fused-ring (bicyclic) bond motifs is 1. The Bertz CT molecular complexity index is 661. The van der Waals surface area contributed by atoms with E-state index in [1.807, 2.05) is 36.4 Å². The molecule has 0 aliphatic carbocycles. The number of hydrogen-bond acceptors (Lipinski definition) is 4. The molecule has 0 aliphatic rings. The quantitative estimate of drug-likeness (QED) is 0.689. The van der Waals surface area contributed by atoms with E-state index < -0.39 is 0 Å². The van der Waals surface area contributed by atoms with Crippen LogP contribution in [0.1, 0.15) is 5.56 Å².